The molecule has 2 rings (SSSR count). The van der Waals surface area contributed by atoms with Crippen molar-refractivity contribution in [3.05, 3.63) is 41.1 Å². The molecule has 0 bridgehead atoms. The van der Waals surface area contributed by atoms with Gasteiger partial charge in [0.25, 0.3) is 10.0 Å². The van der Waals surface area contributed by atoms with Crippen LogP contribution in [-0.4, -0.2) is 25.7 Å². The number of nitrogens with one attached hydrogen (secondary N) is 2. The predicted octanol–water partition coefficient (Wildman–Crippen LogP) is 1.12. The molecule has 1 aromatic heterocycles. The minimum atomic E-state index is -3.80. The second-order valence-corrected chi connectivity index (χ2v) is 6.13. The highest BCUT2D eigenvalue weighted by Gasteiger charge is 2.23. The maximum absolute atomic E-state index is 12.5. The number of methoxy groups -OCH3 is 1. The summed E-state index contributed by atoms with van der Waals surface area (Å²) in [5, 5.41) is 6.41. The van der Waals surface area contributed by atoms with E-state index >= 15 is 0 Å². The molecule has 0 aliphatic carbocycles. The van der Waals surface area contributed by atoms with Crippen molar-refractivity contribution in [3.63, 3.8) is 0 Å². The molecule has 0 amide bonds. The highest BCUT2D eigenvalue weighted by Crippen LogP contribution is 2.22. The van der Waals surface area contributed by atoms with Gasteiger partial charge in [0.2, 0.25) is 5.03 Å². The molecule has 0 saturated carbocycles. The number of ether oxygens (including phenoxy) is 1. The van der Waals surface area contributed by atoms with Crippen molar-refractivity contribution < 1.29 is 13.2 Å². The number of H-pyrrole nitrogens is 1. The summed E-state index contributed by atoms with van der Waals surface area (Å²) < 4.78 is 32.5. The molecule has 114 valence electrons. The van der Waals surface area contributed by atoms with Crippen LogP contribution < -0.4 is 10.5 Å². The first-order chi connectivity index (χ1) is 9.99. The number of anilines is 1. The van der Waals surface area contributed by atoms with E-state index in [0.29, 0.717) is 23.6 Å². The Morgan fingerprint density at radius 2 is 2.10 bits per heavy atom. The SMILES string of the molecule is COCc1ccccc1NS(=O)(=O)c1n[nH]c(C)c1CN. The van der Waals surface area contributed by atoms with E-state index in [9.17, 15) is 8.42 Å². The van der Waals surface area contributed by atoms with Crippen molar-refractivity contribution in [2.24, 2.45) is 5.73 Å². The molecule has 0 fully saturated rings. The first-order valence-electron chi connectivity index (χ1n) is 6.33. The maximum atomic E-state index is 12.5. The van der Waals surface area contributed by atoms with E-state index < -0.39 is 10.0 Å². The fourth-order valence-electron chi connectivity index (χ4n) is 1.99. The van der Waals surface area contributed by atoms with E-state index in [2.05, 4.69) is 14.9 Å². The molecular formula is C13H18N4O3S. The van der Waals surface area contributed by atoms with E-state index in [1.54, 1.807) is 32.2 Å². The molecule has 1 heterocycles. The van der Waals surface area contributed by atoms with E-state index in [-0.39, 0.29) is 11.6 Å². The van der Waals surface area contributed by atoms with Gasteiger partial charge < -0.3 is 10.5 Å². The second-order valence-electron chi connectivity index (χ2n) is 4.53. The lowest BCUT2D eigenvalue weighted by Crippen LogP contribution is -2.17. The van der Waals surface area contributed by atoms with Crippen LogP contribution in [0, 0.1) is 6.92 Å². The first-order valence-corrected chi connectivity index (χ1v) is 7.81. The molecule has 21 heavy (non-hydrogen) atoms. The van der Waals surface area contributed by atoms with Crippen LogP contribution in [0.4, 0.5) is 5.69 Å². The molecule has 0 aliphatic heterocycles. The summed E-state index contributed by atoms with van der Waals surface area (Å²) in [4.78, 5) is 0. The summed E-state index contributed by atoms with van der Waals surface area (Å²) in [5.74, 6) is 0. The number of hydrogen-bond acceptors (Lipinski definition) is 5. The molecule has 0 spiro atoms. The number of sulfonamides is 1. The zero-order chi connectivity index (χ0) is 15.5. The van der Waals surface area contributed by atoms with Crippen molar-refractivity contribution in [2.75, 3.05) is 11.8 Å². The van der Waals surface area contributed by atoms with Gasteiger partial charge in [-0.15, -0.1) is 0 Å². The van der Waals surface area contributed by atoms with E-state index in [0.717, 1.165) is 5.56 Å². The number of hydrogen-bond donors (Lipinski definition) is 3. The highest BCUT2D eigenvalue weighted by atomic mass is 32.2. The topological polar surface area (TPSA) is 110 Å². The number of aryl methyl sites for hydroxylation is 1. The summed E-state index contributed by atoms with van der Waals surface area (Å²) in [7, 11) is -2.25. The minimum absolute atomic E-state index is 0.0743. The zero-order valence-electron chi connectivity index (χ0n) is 11.9. The third-order valence-electron chi connectivity index (χ3n) is 3.06. The lowest BCUT2D eigenvalue weighted by atomic mass is 10.2. The lowest BCUT2D eigenvalue weighted by molar-refractivity contribution is 0.185. The fourth-order valence-corrected chi connectivity index (χ4v) is 3.30. The average molecular weight is 310 g/mol. The van der Waals surface area contributed by atoms with Crippen molar-refractivity contribution in [2.45, 2.75) is 25.1 Å². The van der Waals surface area contributed by atoms with Gasteiger partial charge >= 0.3 is 0 Å². The van der Waals surface area contributed by atoms with Crippen LogP contribution in [0.15, 0.2) is 29.3 Å². The molecule has 0 saturated heterocycles. The molecule has 0 unspecified atom stereocenters. The molecule has 8 heteroatoms. The van der Waals surface area contributed by atoms with Gasteiger partial charge in [-0.1, -0.05) is 18.2 Å². The fraction of sp³-hybridized carbons (Fsp3) is 0.308. The Hall–Kier alpha value is -1.90. The molecule has 4 N–H and O–H groups in total. The quantitative estimate of drug-likeness (QED) is 0.740. The summed E-state index contributed by atoms with van der Waals surface area (Å²) in [5.41, 5.74) is 7.91. The Labute approximate surface area is 123 Å². The summed E-state index contributed by atoms with van der Waals surface area (Å²) in [6.07, 6.45) is 0. The first kappa shape index (κ1) is 15.5. The zero-order valence-corrected chi connectivity index (χ0v) is 12.7. The van der Waals surface area contributed by atoms with Crippen molar-refractivity contribution >= 4 is 15.7 Å². The predicted molar refractivity (Wildman–Crippen MR) is 79.2 cm³/mol. The number of rotatable bonds is 6. The monoisotopic (exact) mass is 310 g/mol. The Morgan fingerprint density at radius 3 is 2.76 bits per heavy atom. The van der Waals surface area contributed by atoms with Gasteiger partial charge in [-0.25, -0.2) is 0 Å². The molecule has 0 radical (unpaired) electrons. The molecule has 7 nitrogen and oxygen atoms in total. The van der Waals surface area contributed by atoms with E-state index in [1.807, 2.05) is 6.07 Å². The number of aromatic amines is 1. The highest BCUT2D eigenvalue weighted by molar-refractivity contribution is 7.92. The second kappa shape index (κ2) is 6.25. The van der Waals surface area contributed by atoms with Crippen LogP contribution in [0.3, 0.4) is 0 Å². The Balaban J connectivity index is 2.38. The van der Waals surface area contributed by atoms with E-state index in [4.69, 9.17) is 10.5 Å². The lowest BCUT2D eigenvalue weighted by Gasteiger charge is -2.11. The Bertz CT molecular complexity index is 725. The summed E-state index contributed by atoms with van der Waals surface area (Å²) >= 11 is 0. The van der Waals surface area contributed by atoms with Crippen LogP contribution in [0.1, 0.15) is 16.8 Å². The molecular weight excluding hydrogens is 292 g/mol. The summed E-state index contributed by atoms with van der Waals surface area (Å²) in [6.45, 7) is 2.13. The van der Waals surface area contributed by atoms with Gasteiger partial charge in [0.05, 0.1) is 12.3 Å². The van der Waals surface area contributed by atoms with Gasteiger partial charge in [0.15, 0.2) is 0 Å². The standard InChI is InChI=1S/C13H18N4O3S/c1-9-11(7-14)13(16-15-9)21(18,19)17-12-6-4-3-5-10(12)8-20-2/h3-6,17H,7-8,14H2,1-2H3,(H,15,16). The average Bonchev–Trinajstić information content (AvgIpc) is 2.83. The molecule has 0 aliphatic rings. The molecule has 1 aromatic carbocycles. The normalized spacial score (nSPS) is 11.6. The number of nitrogens with zero attached hydrogens (tertiary/aromatic N) is 1. The molecule has 2 aromatic rings. The Kier molecular flexibility index (Phi) is 4.61. The van der Waals surface area contributed by atoms with Crippen LogP contribution in [0.5, 0.6) is 0 Å². The number of para-hydroxylation sites is 1. The number of benzene rings is 1. The smallest absolute Gasteiger partial charge is 0.281 e. The van der Waals surface area contributed by atoms with Gasteiger partial charge in [-0.2, -0.15) is 13.5 Å². The van der Waals surface area contributed by atoms with Crippen LogP contribution in [0.25, 0.3) is 0 Å². The number of nitrogens with two attached hydrogens (primary N) is 1. The van der Waals surface area contributed by atoms with Crippen molar-refractivity contribution in [1.82, 2.24) is 10.2 Å². The van der Waals surface area contributed by atoms with Gasteiger partial charge in [0, 0.05) is 30.5 Å². The van der Waals surface area contributed by atoms with Crippen molar-refractivity contribution in [1.29, 1.82) is 0 Å². The third-order valence-corrected chi connectivity index (χ3v) is 4.39. The Morgan fingerprint density at radius 1 is 1.38 bits per heavy atom. The van der Waals surface area contributed by atoms with Gasteiger partial charge in [0.1, 0.15) is 0 Å². The largest absolute Gasteiger partial charge is 0.380 e. The number of aromatic nitrogens is 2. The third kappa shape index (κ3) is 3.23. The van der Waals surface area contributed by atoms with Crippen molar-refractivity contribution in [3.8, 4) is 0 Å². The summed E-state index contributed by atoms with van der Waals surface area (Å²) in [6, 6.07) is 7.03. The maximum Gasteiger partial charge on any atom is 0.281 e. The minimum Gasteiger partial charge on any atom is -0.380 e. The van der Waals surface area contributed by atoms with Gasteiger partial charge in [-0.05, 0) is 13.0 Å². The van der Waals surface area contributed by atoms with Crippen LogP contribution in [-0.2, 0) is 27.9 Å². The molecule has 0 atom stereocenters. The van der Waals surface area contributed by atoms with Crippen LogP contribution in [0.2, 0.25) is 0 Å². The van der Waals surface area contributed by atoms with E-state index in [1.165, 1.54) is 0 Å². The van der Waals surface area contributed by atoms with Crippen LogP contribution >= 0.6 is 0 Å². The van der Waals surface area contributed by atoms with Gasteiger partial charge in [-0.3, -0.25) is 9.82 Å².